The lowest BCUT2D eigenvalue weighted by atomic mass is 10.1. The summed E-state index contributed by atoms with van der Waals surface area (Å²) in [6.45, 7) is 1.05. The molecule has 1 heterocycles. The average Bonchev–Trinajstić information content (AvgIpc) is 2.82. The summed E-state index contributed by atoms with van der Waals surface area (Å²) in [5.74, 6) is -1.89. The van der Waals surface area contributed by atoms with Crippen molar-refractivity contribution in [3.63, 3.8) is 0 Å². The molecule has 1 aromatic heterocycles. The molecule has 2 aromatic rings. The molecule has 0 spiro atoms. The molecule has 0 saturated heterocycles. The third-order valence-electron chi connectivity index (χ3n) is 4.45. The number of anilines is 1. The molecule has 12 nitrogen and oxygen atoms in total. The summed E-state index contributed by atoms with van der Waals surface area (Å²) in [7, 11) is -4.39. The van der Waals surface area contributed by atoms with E-state index in [1.807, 2.05) is 4.72 Å². The molecule has 6 N–H and O–H groups in total. The average molecular weight is 603 g/mol. The molecular weight excluding hydrogens is 578 g/mol. The van der Waals surface area contributed by atoms with E-state index >= 15 is 0 Å². The quantitative estimate of drug-likeness (QED) is 0.0779. The predicted octanol–water partition coefficient (Wildman–Crippen LogP) is 1.19. The van der Waals surface area contributed by atoms with Crippen LogP contribution in [-0.2, 0) is 42.9 Å². The van der Waals surface area contributed by atoms with Gasteiger partial charge in [0.1, 0.15) is 18.8 Å². The number of sulfonamides is 1. The number of amides is 1. The van der Waals surface area contributed by atoms with Crippen LogP contribution in [0.2, 0.25) is 0 Å². The second-order valence-electron chi connectivity index (χ2n) is 7.65. The van der Waals surface area contributed by atoms with Crippen LogP contribution in [0.15, 0.2) is 46.3 Å². The van der Waals surface area contributed by atoms with Gasteiger partial charge in [0.2, 0.25) is 28.2 Å². The van der Waals surface area contributed by atoms with Gasteiger partial charge < -0.3 is 26.2 Å². The Bertz CT molecular complexity index is 1370. The van der Waals surface area contributed by atoms with Crippen molar-refractivity contribution in [3.05, 3.63) is 63.6 Å². The lowest BCUT2D eigenvalue weighted by molar-refractivity contribution is -0.156. The Hall–Kier alpha value is -4.29. The van der Waals surface area contributed by atoms with Gasteiger partial charge in [-0.15, -0.1) is 0 Å². The summed E-state index contributed by atoms with van der Waals surface area (Å²) in [6, 6.07) is 6.78. The van der Waals surface area contributed by atoms with E-state index in [0.29, 0.717) is 5.69 Å². The normalized spacial score (nSPS) is 11.5. The fourth-order valence-corrected chi connectivity index (χ4v) is 4.06. The van der Waals surface area contributed by atoms with Gasteiger partial charge in [0.05, 0.1) is 17.9 Å². The van der Waals surface area contributed by atoms with Crippen LogP contribution in [0, 0.1) is 6.92 Å². The van der Waals surface area contributed by atoms with Crippen LogP contribution in [-0.4, -0.2) is 50.5 Å². The van der Waals surface area contributed by atoms with E-state index < -0.39 is 69.2 Å². The summed E-state index contributed by atoms with van der Waals surface area (Å²) in [5, 5.41) is 5.73. The first-order valence-corrected chi connectivity index (χ1v) is 12.4. The van der Waals surface area contributed by atoms with Crippen LogP contribution in [0.3, 0.4) is 0 Å². The second kappa shape index (κ2) is 14.2. The molecule has 1 aromatic carbocycles. The first-order valence-electron chi connectivity index (χ1n) is 10.7. The van der Waals surface area contributed by atoms with Gasteiger partial charge in [-0.05, 0) is 35.8 Å². The van der Waals surface area contributed by atoms with E-state index in [-0.39, 0.29) is 19.1 Å². The van der Waals surface area contributed by atoms with Crippen molar-refractivity contribution in [1.82, 2.24) is 9.88 Å². The van der Waals surface area contributed by atoms with Gasteiger partial charge in [-0.2, -0.15) is 26.3 Å². The number of carbonyl (C=O) groups is 2. The standard InChI is InChI=1S/C19H23F3N6O5S.C2HF3O/c1-12-6-7-15(17(30)28(12)10-16(29)25-8-9-33-26-18(23)24)27-34(31,32)11-13-4-2-3-5-14(13)19(20,21)22;3-2(4,5)1-6/h2-7,27H,8-11H2,1H3,(H,25,29)(H4,23,24,26);1H. The Morgan fingerprint density at radius 1 is 1.10 bits per heavy atom. The summed E-state index contributed by atoms with van der Waals surface area (Å²) < 4.78 is 98.8. The highest BCUT2D eigenvalue weighted by atomic mass is 32.2. The number of carbonyl (C=O) groups excluding carboxylic acids is 2. The SMILES string of the molecule is Cc1ccc(NS(=O)(=O)Cc2ccccc2C(F)(F)F)c(=O)n1CC(=O)NCCON=C(N)N.O=CC(F)(F)F. The number of nitrogens with zero attached hydrogens (tertiary/aromatic N) is 2. The highest BCUT2D eigenvalue weighted by Gasteiger charge is 2.34. The highest BCUT2D eigenvalue weighted by molar-refractivity contribution is 7.91. The molecule has 0 saturated carbocycles. The zero-order valence-electron chi connectivity index (χ0n) is 20.5. The third-order valence-corrected chi connectivity index (χ3v) is 5.67. The number of nitrogens with two attached hydrogens (primary N) is 2. The van der Waals surface area contributed by atoms with Gasteiger partial charge in [-0.1, -0.05) is 18.2 Å². The monoisotopic (exact) mass is 602 g/mol. The van der Waals surface area contributed by atoms with Gasteiger partial charge in [-0.25, -0.2) is 8.42 Å². The van der Waals surface area contributed by atoms with Crippen LogP contribution < -0.4 is 27.1 Å². The van der Waals surface area contributed by atoms with Gasteiger partial charge in [-0.3, -0.25) is 19.1 Å². The number of aryl methyl sites for hydroxylation is 1. The number of halogens is 6. The fraction of sp³-hybridized carbons (Fsp3) is 0.333. The van der Waals surface area contributed by atoms with Crippen molar-refractivity contribution in [1.29, 1.82) is 0 Å². The number of hydrogen-bond acceptors (Lipinski definition) is 7. The molecular formula is C21H24F6N6O6S. The number of pyridine rings is 1. The minimum atomic E-state index is -4.75. The number of guanidine groups is 1. The molecule has 0 aliphatic rings. The smallest absolute Gasteiger partial charge is 0.391 e. The van der Waals surface area contributed by atoms with E-state index in [1.165, 1.54) is 25.1 Å². The number of benzene rings is 1. The Morgan fingerprint density at radius 2 is 1.70 bits per heavy atom. The lowest BCUT2D eigenvalue weighted by Gasteiger charge is -2.15. The maximum atomic E-state index is 13.2. The number of aldehydes is 1. The Balaban J connectivity index is 0.00000120. The predicted molar refractivity (Wildman–Crippen MR) is 130 cm³/mol. The molecule has 2 rings (SSSR count). The Kier molecular flexibility index (Phi) is 12.0. The van der Waals surface area contributed by atoms with Gasteiger partial charge in [0.25, 0.3) is 5.56 Å². The number of rotatable bonds is 10. The molecule has 0 radical (unpaired) electrons. The molecule has 0 bridgehead atoms. The molecule has 222 valence electrons. The minimum absolute atomic E-state index is 0.0222. The zero-order chi connectivity index (χ0) is 30.7. The number of oxime groups is 1. The van der Waals surface area contributed by atoms with E-state index in [9.17, 15) is 44.3 Å². The minimum Gasteiger partial charge on any atom is -0.391 e. The molecule has 0 atom stereocenters. The Labute approximate surface area is 223 Å². The number of nitrogens with one attached hydrogen (secondary N) is 2. The van der Waals surface area contributed by atoms with Crippen LogP contribution in [0.4, 0.5) is 32.0 Å². The first kappa shape index (κ1) is 33.7. The molecule has 0 aliphatic heterocycles. The van der Waals surface area contributed by atoms with Crippen LogP contribution in [0.25, 0.3) is 0 Å². The largest absolute Gasteiger partial charge is 0.446 e. The van der Waals surface area contributed by atoms with Crippen molar-refractivity contribution >= 4 is 33.9 Å². The number of alkyl halides is 6. The second-order valence-corrected chi connectivity index (χ2v) is 9.38. The molecule has 0 unspecified atom stereocenters. The third kappa shape index (κ3) is 12.0. The Morgan fingerprint density at radius 3 is 2.25 bits per heavy atom. The van der Waals surface area contributed by atoms with Gasteiger partial charge in [0.15, 0.2) is 0 Å². The van der Waals surface area contributed by atoms with Gasteiger partial charge in [0, 0.05) is 5.69 Å². The van der Waals surface area contributed by atoms with Crippen molar-refractivity contribution < 1.29 is 49.2 Å². The van der Waals surface area contributed by atoms with Crippen LogP contribution in [0.1, 0.15) is 16.8 Å². The van der Waals surface area contributed by atoms with Crippen molar-refractivity contribution in [3.8, 4) is 0 Å². The number of hydrogen-bond donors (Lipinski definition) is 4. The molecule has 19 heteroatoms. The maximum Gasteiger partial charge on any atom is 0.446 e. The highest BCUT2D eigenvalue weighted by Crippen LogP contribution is 2.32. The van der Waals surface area contributed by atoms with Crippen LogP contribution >= 0.6 is 0 Å². The fourth-order valence-electron chi connectivity index (χ4n) is 2.83. The molecule has 1 amide bonds. The van der Waals surface area contributed by atoms with E-state index in [4.69, 9.17) is 21.1 Å². The summed E-state index contributed by atoms with van der Waals surface area (Å²) in [5.41, 5.74) is 7.67. The first-order chi connectivity index (χ1) is 18.4. The van der Waals surface area contributed by atoms with Crippen molar-refractivity contribution in [2.45, 2.75) is 31.6 Å². The van der Waals surface area contributed by atoms with Crippen LogP contribution in [0.5, 0.6) is 0 Å². The number of aromatic nitrogens is 1. The summed E-state index contributed by atoms with van der Waals surface area (Å²) in [6.07, 6.45) is -10.4. The topological polar surface area (TPSA) is 188 Å². The van der Waals surface area contributed by atoms with E-state index in [2.05, 4.69) is 10.5 Å². The molecule has 0 fully saturated rings. The zero-order valence-corrected chi connectivity index (χ0v) is 21.4. The molecule has 0 aliphatic carbocycles. The summed E-state index contributed by atoms with van der Waals surface area (Å²) in [4.78, 5) is 38.3. The lowest BCUT2D eigenvalue weighted by Crippen LogP contribution is -2.36. The van der Waals surface area contributed by atoms with Gasteiger partial charge >= 0.3 is 12.4 Å². The van der Waals surface area contributed by atoms with E-state index in [1.54, 1.807) is 0 Å². The molecule has 40 heavy (non-hydrogen) atoms. The van der Waals surface area contributed by atoms with Crippen molar-refractivity contribution in [2.24, 2.45) is 16.6 Å². The summed E-state index contributed by atoms with van der Waals surface area (Å²) >= 11 is 0. The maximum absolute atomic E-state index is 13.2. The van der Waals surface area contributed by atoms with E-state index in [0.717, 1.165) is 22.8 Å². The van der Waals surface area contributed by atoms with Crippen molar-refractivity contribution in [2.75, 3.05) is 17.9 Å².